The Labute approximate surface area is 105 Å². The normalized spacial score (nSPS) is 16.6. The van der Waals surface area contributed by atoms with E-state index in [-0.39, 0.29) is 11.8 Å². The molecule has 1 aromatic heterocycles. The van der Waals surface area contributed by atoms with E-state index in [1.54, 1.807) is 17.2 Å². The number of aryl methyl sites for hydroxylation is 1. The van der Waals surface area contributed by atoms with Crippen LogP contribution in [0.4, 0.5) is 0 Å². The number of hydrogen-bond acceptors (Lipinski definition) is 4. The molecule has 0 aliphatic carbocycles. The van der Waals surface area contributed by atoms with Crippen molar-refractivity contribution in [2.24, 2.45) is 5.92 Å². The van der Waals surface area contributed by atoms with Gasteiger partial charge >= 0.3 is 5.97 Å². The van der Waals surface area contributed by atoms with Crippen LogP contribution in [0.5, 0.6) is 0 Å². The van der Waals surface area contributed by atoms with Crippen molar-refractivity contribution in [3.05, 3.63) is 23.5 Å². The van der Waals surface area contributed by atoms with Gasteiger partial charge in [-0.15, -0.1) is 5.10 Å². The van der Waals surface area contributed by atoms with Crippen LogP contribution in [-0.2, 0) is 4.79 Å². The van der Waals surface area contributed by atoms with Gasteiger partial charge < -0.3 is 10.0 Å². The SMILES string of the molecule is Cc1cnnc(C(=O)N2CCC(C(=O)O)CC2)c1. The summed E-state index contributed by atoms with van der Waals surface area (Å²) >= 11 is 0. The summed E-state index contributed by atoms with van der Waals surface area (Å²) in [4.78, 5) is 24.6. The quantitative estimate of drug-likeness (QED) is 0.835. The molecule has 1 N–H and O–H groups in total. The van der Waals surface area contributed by atoms with E-state index in [1.165, 1.54) is 0 Å². The molecule has 0 bridgehead atoms. The third-order valence-electron chi connectivity index (χ3n) is 3.14. The summed E-state index contributed by atoms with van der Waals surface area (Å²) < 4.78 is 0. The maximum absolute atomic E-state index is 12.1. The highest BCUT2D eigenvalue weighted by atomic mass is 16.4. The highest BCUT2D eigenvalue weighted by molar-refractivity contribution is 5.92. The molecule has 0 spiro atoms. The van der Waals surface area contributed by atoms with Crippen molar-refractivity contribution in [1.29, 1.82) is 0 Å². The smallest absolute Gasteiger partial charge is 0.306 e. The number of likely N-dealkylation sites (tertiary alicyclic amines) is 1. The zero-order valence-electron chi connectivity index (χ0n) is 10.2. The maximum Gasteiger partial charge on any atom is 0.306 e. The van der Waals surface area contributed by atoms with Gasteiger partial charge in [-0.1, -0.05) is 0 Å². The number of aromatic nitrogens is 2. The standard InChI is InChI=1S/C12H15N3O3/c1-8-6-10(14-13-7-8)11(16)15-4-2-9(3-5-15)12(17)18/h6-7,9H,2-5H2,1H3,(H,17,18). The molecule has 96 valence electrons. The topological polar surface area (TPSA) is 83.4 Å². The number of piperidine rings is 1. The molecular weight excluding hydrogens is 234 g/mol. The van der Waals surface area contributed by atoms with Gasteiger partial charge in [0, 0.05) is 13.1 Å². The Hall–Kier alpha value is -1.98. The van der Waals surface area contributed by atoms with Crippen LogP contribution in [0.2, 0.25) is 0 Å². The van der Waals surface area contributed by atoms with E-state index in [1.807, 2.05) is 6.92 Å². The monoisotopic (exact) mass is 249 g/mol. The van der Waals surface area contributed by atoms with Crippen LogP contribution in [0.25, 0.3) is 0 Å². The van der Waals surface area contributed by atoms with Crippen molar-refractivity contribution in [2.45, 2.75) is 19.8 Å². The van der Waals surface area contributed by atoms with Gasteiger partial charge in [0.15, 0.2) is 5.69 Å². The molecule has 6 heteroatoms. The summed E-state index contributed by atoms with van der Waals surface area (Å²) in [5, 5.41) is 16.5. The van der Waals surface area contributed by atoms with Crippen molar-refractivity contribution in [1.82, 2.24) is 15.1 Å². The van der Waals surface area contributed by atoms with E-state index < -0.39 is 5.97 Å². The molecule has 1 aliphatic rings. The Balaban J connectivity index is 2.02. The van der Waals surface area contributed by atoms with Crippen LogP contribution >= 0.6 is 0 Å². The van der Waals surface area contributed by atoms with Crippen LogP contribution in [0.15, 0.2) is 12.3 Å². The largest absolute Gasteiger partial charge is 0.481 e. The number of nitrogens with zero attached hydrogens (tertiary/aromatic N) is 3. The van der Waals surface area contributed by atoms with Crippen LogP contribution in [0.3, 0.4) is 0 Å². The molecule has 1 aromatic rings. The van der Waals surface area contributed by atoms with Crippen molar-refractivity contribution >= 4 is 11.9 Å². The maximum atomic E-state index is 12.1. The Morgan fingerprint density at radius 1 is 1.39 bits per heavy atom. The zero-order valence-corrected chi connectivity index (χ0v) is 10.2. The molecule has 0 aromatic carbocycles. The number of carbonyl (C=O) groups is 2. The highest BCUT2D eigenvalue weighted by Crippen LogP contribution is 2.18. The van der Waals surface area contributed by atoms with Gasteiger partial charge in [-0.3, -0.25) is 9.59 Å². The highest BCUT2D eigenvalue weighted by Gasteiger charge is 2.28. The second-order valence-electron chi connectivity index (χ2n) is 4.52. The molecule has 1 saturated heterocycles. The van der Waals surface area contributed by atoms with Gasteiger partial charge in [0.25, 0.3) is 5.91 Å². The predicted molar refractivity (Wildman–Crippen MR) is 63.0 cm³/mol. The number of carboxylic acid groups (broad SMARTS) is 1. The molecule has 0 saturated carbocycles. The van der Waals surface area contributed by atoms with Gasteiger partial charge in [-0.25, -0.2) is 0 Å². The lowest BCUT2D eigenvalue weighted by molar-refractivity contribution is -0.143. The molecule has 18 heavy (non-hydrogen) atoms. The first-order chi connectivity index (χ1) is 8.58. The van der Waals surface area contributed by atoms with Crippen LogP contribution in [0, 0.1) is 12.8 Å². The van der Waals surface area contributed by atoms with Crippen molar-refractivity contribution in [3.8, 4) is 0 Å². The summed E-state index contributed by atoms with van der Waals surface area (Å²) in [7, 11) is 0. The fraction of sp³-hybridized carbons (Fsp3) is 0.500. The van der Waals surface area contributed by atoms with Gasteiger partial charge in [-0.2, -0.15) is 5.10 Å². The van der Waals surface area contributed by atoms with E-state index in [0.29, 0.717) is 31.6 Å². The predicted octanol–water partition coefficient (Wildman–Crippen LogP) is 0.722. The fourth-order valence-corrected chi connectivity index (χ4v) is 2.06. The molecule has 0 unspecified atom stereocenters. The first-order valence-electron chi connectivity index (χ1n) is 5.89. The number of carboxylic acids is 1. The average Bonchev–Trinajstić information content (AvgIpc) is 2.38. The average molecular weight is 249 g/mol. The Morgan fingerprint density at radius 2 is 2.06 bits per heavy atom. The summed E-state index contributed by atoms with van der Waals surface area (Å²) in [5.74, 6) is -1.29. The number of rotatable bonds is 2. The fourth-order valence-electron chi connectivity index (χ4n) is 2.06. The van der Waals surface area contributed by atoms with Crippen molar-refractivity contribution < 1.29 is 14.7 Å². The Kier molecular flexibility index (Phi) is 3.55. The van der Waals surface area contributed by atoms with E-state index >= 15 is 0 Å². The van der Waals surface area contributed by atoms with E-state index in [0.717, 1.165) is 5.56 Å². The van der Waals surface area contributed by atoms with Gasteiger partial charge in [-0.05, 0) is 31.4 Å². The van der Waals surface area contributed by atoms with Gasteiger partial charge in [0.2, 0.25) is 0 Å². The van der Waals surface area contributed by atoms with E-state index in [4.69, 9.17) is 5.11 Å². The molecule has 1 amide bonds. The van der Waals surface area contributed by atoms with Crippen molar-refractivity contribution in [2.75, 3.05) is 13.1 Å². The summed E-state index contributed by atoms with van der Waals surface area (Å²) in [6.07, 6.45) is 2.59. The van der Waals surface area contributed by atoms with Gasteiger partial charge in [0.05, 0.1) is 12.1 Å². The first-order valence-corrected chi connectivity index (χ1v) is 5.89. The summed E-state index contributed by atoms with van der Waals surface area (Å²) in [6.45, 7) is 2.78. The first kappa shape index (κ1) is 12.5. The number of amides is 1. The molecule has 2 rings (SSSR count). The third-order valence-corrected chi connectivity index (χ3v) is 3.14. The molecule has 0 atom stereocenters. The van der Waals surface area contributed by atoms with Crippen molar-refractivity contribution in [3.63, 3.8) is 0 Å². The number of aliphatic carboxylic acids is 1. The van der Waals surface area contributed by atoms with Crippen LogP contribution in [0.1, 0.15) is 28.9 Å². The molecule has 6 nitrogen and oxygen atoms in total. The lowest BCUT2D eigenvalue weighted by atomic mass is 9.97. The third kappa shape index (κ3) is 2.64. The lowest BCUT2D eigenvalue weighted by Crippen LogP contribution is -2.40. The van der Waals surface area contributed by atoms with E-state index in [9.17, 15) is 9.59 Å². The van der Waals surface area contributed by atoms with Crippen LogP contribution in [-0.4, -0.2) is 45.2 Å². The minimum Gasteiger partial charge on any atom is -0.481 e. The lowest BCUT2D eigenvalue weighted by Gasteiger charge is -2.29. The minimum absolute atomic E-state index is 0.171. The zero-order chi connectivity index (χ0) is 13.1. The van der Waals surface area contributed by atoms with E-state index in [2.05, 4.69) is 10.2 Å². The van der Waals surface area contributed by atoms with Gasteiger partial charge in [0.1, 0.15) is 0 Å². The Bertz CT molecular complexity index is 467. The summed E-state index contributed by atoms with van der Waals surface area (Å²) in [6, 6.07) is 1.69. The molecule has 1 aliphatic heterocycles. The second-order valence-corrected chi connectivity index (χ2v) is 4.52. The molecular formula is C12H15N3O3. The number of hydrogen-bond donors (Lipinski definition) is 1. The molecule has 1 fully saturated rings. The van der Waals surface area contributed by atoms with Crippen LogP contribution < -0.4 is 0 Å². The Morgan fingerprint density at radius 3 is 2.61 bits per heavy atom. The molecule has 2 heterocycles. The second kappa shape index (κ2) is 5.12. The summed E-state index contributed by atoms with van der Waals surface area (Å²) in [5.41, 5.74) is 1.21. The molecule has 0 radical (unpaired) electrons. The minimum atomic E-state index is -0.780. The number of carbonyl (C=O) groups excluding carboxylic acids is 1.